The van der Waals surface area contributed by atoms with Crippen molar-refractivity contribution in [3.05, 3.63) is 74.6 Å². The van der Waals surface area contributed by atoms with Crippen LogP contribution in [0.2, 0.25) is 5.02 Å². The Labute approximate surface area is 135 Å². The Kier molecular flexibility index (Phi) is 3.87. The largest absolute Gasteiger partial charge is 0.429 e. The zero-order valence-corrected chi connectivity index (χ0v) is 12.7. The number of rotatable bonds is 2. The first-order valence-corrected chi connectivity index (χ1v) is 7.07. The first-order chi connectivity index (χ1) is 10.6. The van der Waals surface area contributed by atoms with E-state index in [1.807, 2.05) is 0 Å². The van der Waals surface area contributed by atoms with Gasteiger partial charge < -0.3 is 4.42 Å². The van der Waals surface area contributed by atoms with Crippen molar-refractivity contribution in [2.45, 2.75) is 4.90 Å². The summed E-state index contributed by atoms with van der Waals surface area (Å²) in [5.74, 6) is -0.940. The van der Waals surface area contributed by atoms with Crippen molar-refractivity contribution >= 4 is 24.2 Å². The van der Waals surface area contributed by atoms with Gasteiger partial charge in [0.2, 0.25) is 5.89 Å². The summed E-state index contributed by atoms with van der Waals surface area (Å²) in [6, 6.07) is 13.2. The summed E-state index contributed by atoms with van der Waals surface area (Å²) in [5, 5.41) is 0.342. The van der Waals surface area contributed by atoms with Crippen LogP contribution in [0.4, 0.5) is 0 Å². The van der Waals surface area contributed by atoms with Gasteiger partial charge in [0.25, 0.3) is 0 Å². The molecule has 0 radical (unpaired) electrons. The van der Waals surface area contributed by atoms with Gasteiger partial charge in [0.05, 0.1) is 16.3 Å². The monoisotopic (exact) mass is 332 g/mol. The minimum atomic E-state index is -0.832. The van der Waals surface area contributed by atoms with Gasteiger partial charge in [-0.2, -0.15) is 9.55 Å². The highest BCUT2D eigenvalue weighted by molar-refractivity contribution is 7.80. The molecule has 3 rings (SSSR count). The van der Waals surface area contributed by atoms with Crippen LogP contribution in [-0.2, 0) is 0 Å². The van der Waals surface area contributed by atoms with Gasteiger partial charge in [-0.05, 0) is 36.4 Å². The van der Waals surface area contributed by atoms with Gasteiger partial charge in [-0.3, -0.25) is 0 Å². The fourth-order valence-electron chi connectivity index (χ4n) is 1.93. The van der Waals surface area contributed by atoms with E-state index in [-0.39, 0.29) is 5.89 Å². The van der Waals surface area contributed by atoms with E-state index in [9.17, 15) is 9.59 Å². The number of nitrogens with zero attached hydrogens (tertiary/aromatic N) is 2. The first-order valence-electron chi connectivity index (χ1n) is 6.25. The molecule has 0 atom stereocenters. The molecule has 7 heteroatoms. The normalized spacial score (nSPS) is 10.6. The fraction of sp³-hybridized carbons (Fsp3) is 0. The summed E-state index contributed by atoms with van der Waals surface area (Å²) in [7, 11) is 0. The van der Waals surface area contributed by atoms with E-state index in [1.54, 1.807) is 48.5 Å². The number of hydrogen-bond donors (Lipinski definition) is 1. The van der Waals surface area contributed by atoms with E-state index in [0.717, 1.165) is 4.57 Å². The highest BCUT2D eigenvalue weighted by Gasteiger charge is 2.13. The molecule has 0 bridgehead atoms. The standard InChI is InChI=1S/C15H9ClN2O3S/c16-12-4-2-1-3-11(12)13-17-14(19)18(15(20)21-13)9-5-7-10(22)8-6-9/h1-8,22H. The van der Waals surface area contributed by atoms with E-state index < -0.39 is 11.4 Å². The number of hydrogen-bond acceptors (Lipinski definition) is 5. The number of halogens is 1. The van der Waals surface area contributed by atoms with Crippen molar-refractivity contribution in [2.24, 2.45) is 0 Å². The predicted octanol–water partition coefficient (Wildman–Crippen LogP) is 2.79. The maximum Gasteiger partial charge on any atom is 0.429 e. The summed E-state index contributed by atoms with van der Waals surface area (Å²) >= 11 is 10.2. The van der Waals surface area contributed by atoms with Crippen LogP contribution in [0.5, 0.6) is 0 Å². The van der Waals surface area contributed by atoms with Crippen LogP contribution >= 0.6 is 24.2 Å². The fourth-order valence-corrected chi connectivity index (χ4v) is 2.30. The molecule has 1 aromatic heterocycles. The van der Waals surface area contributed by atoms with Gasteiger partial charge in [-0.15, -0.1) is 12.6 Å². The van der Waals surface area contributed by atoms with Crippen LogP contribution in [-0.4, -0.2) is 9.55 Å². The van der Waals surface area contributed by atoms with Crippen molar-refractivity contribution in [1.82, 2.24) is 9.55 Å². The molecule has 0 spiro atoms. The molecule has 0 aliphatic rings. The minimum Gasteiger partial charge on any atom is -0.390 e. The molecule has 0 unspecified atom stereocenters. The molecule has 0 saturated carbocycles. The van der Waals surface area contributed by atoms with E-state index in [0.29, 0.717) is 21.2 Å². The number of benzene rings is 2. The van der Waals surface area contributed by atoms with Crippen molar-refractivity contribution in [1.29, 1.82) is 0 Å². The first kappa shape index (κ1) is 14.6. The van der Waals surface area contributed by atoms with Crippen LogP contribution in [0.3, 0.4) is 0 Å². The summed E-state index contributed by atoms with van der Waals surface area (Å²) in [6.07, 6.45) is 0. The average molecular weight is 333 g/mol. The van der Waals surface area contributed by atoms with Crippen LogP contribution < -0.4 is 11.4 Å². The molecule has 0 fully saturated rings. The molecule has 0 N–H and O–H groups in total. The SMILES string of the molecule is O=c1nc(-c2ccccc2Cl)oc(=O)n1-c1ccc(S)cc1. The Bertz CT molecular complexity index is 917. The molecular formula is C15H9ClN2O3S. The lowest BCUT2D eigenvalue weighted by atomic mass is 10.2. The second-order valence-electron chi connectivity index (χ2n) is 4.40. The molecular weight excluding hydrogens is 324 g/mol. The second-order valence-corrected chi connectivity index (χ2v) is 5.32. The van der Waals surface area contributed by atoms with Gasteiger partial charge in [0, 0.05) is 4.90 Å². The Morgan fingerprint density at radius 1 is 1.05 bits per heavy atom. The molecule has 5 nitrogen and oxygen atoms in total. The smallest absolute Gasteiger partial charge is 0.390 e. The molecule has 0 aliphatic carbocycles. The third kappa shape index (κ3) is 2.70. The molecule has 0 saturated heterocycles. The zero-order valence-electron chi connectivity index (χ0n) is 11.1. The molecule has 0 amide bonds. The van der Waals surface area contributed by atoms with Crippen LogP contribution in [0.25, 0.3) is 17.1 Å². The quantitative estimate of drug-likeness (QED) is 0.733. The van der Waals surface area contributed by atoms with Gasteiger partial charge in [-0.1, -0.05) is 23.7 Å². The van der Waals surface area contributed by atoms with E-state index in [2.05, 4.69) is 17.6 Å². The summed E-state index contributed by atoms with van der Waals surface area (Å²) in [4.78, 5) is 28.8. The van der Waals surface area contributed by atoms with Gasteiger partial charge in [-0.25, -0.2) is 9.59 Å². The van der Waals surface area contributed by atoms with Gasteiger partial charge in [0.15, 0.2) is 0 Å². The number of thiol groups is 1. The lowest BCUT2D eigenvalue weighted by Crippen LogP contribution is -2.33. The Morgan fingerprint density at radius 2 is 1.73 bits per heavy atom. The van der Waals surface area contributed by atoms with E-state index >= 15 is 0 Å². The van der Waals surface area contributed by atoms with Crippen molar-refractivity contribution in [3.8, 4) is 17.1 Å². The average Bonchev–Trinajstić information content (AvgIpc) is 2.49. The summed E-state index contributed by atoms with van der Waals surface area (Å²) < 4.78 is 5.97. The molecule has 3 aromatic rings. The van der Waals surface area contributed by atoms with Crippen molar-refractivity contribution < 1.29 is 4.42 Å². The highest BCUT2D eigenvalue weighted by Crippen LogP contribution is 2.24. The Morgan fingerprint density at radius 3 is 2.36 bits per heavy atom. The zero-order chi connectivity index (χ0) is 15.7. The van der Waals surface area contributed by atoms with Crippen LogP contribution in [0.15, 0.2) is 67.4 Å². The molecule has 1 heterocycles. The topological polar surface area (TPSA) is 65.1 Å². The Balaban J connectivity index is 2.18. The molecule has 2 aromatic carbocycles. The van der Waals surface area contributed by atoms with E-state index in [1.165, 1.54) is 0 Å². The van der Waals surface area contributed by atoms with Crippen molar-refractivity contribution in [3.63, 3.8) is 0 Å². The second kappa shape index (κ2) is 5.82. The minimum absolute atomic E-state index is 0.109. The van der Waals surface area contributed by atoms with E-state index in [4.69, 9.17) is 16.0 Å². The summed E-state index contributed by atoms with van der Waals surface area (Å²) in [5.41, 5.74) is 0.00376. The van der Waals surface area contributed by atoms with Gasteiger partial charge >= 0.3 is 11.4 Å². The molecule has 22 heavy (non-hydrogen) atoms. The third-order valence-electron chi connectivity index (χ3n) is 2.97. The lowest BCUT2D eigenvalue weighted by Gasteiger charge is -2.05. The van der Waals surface area contributed by atoms with Crippen LogP contribution in [0.1, 0.15) is 0 Å². The lowest BCUT2D eigenvalue weighted by molar-refractivity contribution is 0.448. The van der Waals surface area contributed by atoms with Gasteiger partial charge in [0.1, 0.15) is 0 Å². The van der Waals surface area contributed by atoms with Crippen LogP contribution in [0, 0.1) is 0 Å². The Hall–Kier alpha value is -2.31. The molecule has 0 aliphatic heterocycles. The molecule has 110 valence electrons. The highest BCUT2D eigenvalue weighted by atomic mass is 35.5. The maximum absolute atomic E-state index is 12.2. The predicted molar refractivity (Wildman–Crippen MR) is 86.1 cm³/mol. The third-order valence-corrected chi connectivity index (χ3v) is 3.59. The maximum atomic E-state index is 12.2. The summed E-state index contributed by atoms with van der Waals surface area (Å²) in [6.45, 7) is 0. The van der Waals surface area contributed by atoms with Crippen molar-refractivity contribution in [2.75, 3.05) is 0 Å². The number of aromatic nitrogens is 2.